The molecular weight excluding hydrogens is 240 g/mol. The largest absolute Gasteiger partial charge is 0.427 e. The van der Waals surface area contributed by atoms with Gasteiger partial charge in [-0.15, -0.1) is 0 Å². The zero-order valence-electron chi connectivity index (χ0n) is 9.33. The van der Waals surface area contributed by atoms with Crippen molar-refractivity contribution in [2.75, 3.05) is 11.5 Å². The summed E-state index contributed by atoms with van der Waals surface area (Å²) in [5.41, 5.74) is 0. The number of rotatable bonds is 3. The summed E-state index contributed by atoms with van der Waals surface area (Å²) < 4.78 is 27.6. The van der Waals surface area contributed by atoms with Crippen molar-refractivity contribution in [1.29, 1.82) is 0 Å². The van der Waals surface area contributed by atoms with E-state index in [0.29, 0.717) is 12.2 Å². The highest BCUT2D eigenvalue weighted by Gasteiger charge is 2.29. The fourth-order valence-electron chi connectivity index (χ4n) is 1.93. The molecule has 1 aliphatic rings. The molecule has 0 bridgehead atoms. The minimum absolute atomic E-state index is 0.0868. The van der Waals surface area contributed by atoms with Gasteiger partial charge in [0.1, 0.15) is 5.75 Å². The van der Waals surface area contributed by atoms with Gasteiger partial charge < -0.3 is 4.74 Å². The Hall–Kier alpha value is -1.36. The van der Waals surface area contributed by atoms with Crippen LogP contribution in [0.1, 0.15) is 12.8 Å². The lowest BCUT2D eigenvalue weighted by Crippen LogP contribution is -2.15. The van der Waals surface area contributed by atoms with Crippen LogP contribution in [0, 0.1) is 5.92 Å². The first kappa shape index (κ1) is 12.1. The van der Waals surface area contributed by atoms with Crippen LogP contribution in [0.4, 0.5) is 0 Å². The fraction of sp³-hybridized carbons (Fsp3) is 0.417. The molecule has 5 heteroatoms. The van der Waals surface area contributed by atoms with Gasteiger partial charge in [0.25, 0.3) is 0 Å². The zero-order valence-corrected chi connectivity index (χ0v) is 10.2. The molecule has 0 N–H and O–H groups in total. The van der Waals surface area contributed by atoms with Gasteiger partial charge in [0.05, 0.1) is 11.5 Å². The molecule has 0 aliphatic carbocycles. The minimum atomic E-state index is -2.92. The van der Waals surface area contributed by atoms with E-state index < -0.39 is 9.84 Å². The van der Waals surface area contributed by atoms with Crippen molar-refractivity contribution in [1.82, 2.24) is 0 Å². The number of benzene rings is 1. The van der Waals surface area contributed by atoms with Gasteiger partial charge in [-0.05, 0) is 24.5 Å². The van der Waals surface area contributed by atoms with E-state index in [2.05, 4.69) is 0 Å². The number of ether oxygens (including phenoxy) is 1. The molecule has 1 atom stereocenters. The van der Waals surface area contributed by atoms with Gasteiger partial charge in [0.15, 0.2) is 9.84 Å². The van der Waals surface area contributed by atoms with Gasteiger partial charge in [-0.2, -0.15) is 0 Å². The highest BCUT2D eigenvalue weighted by atomic mass is 32.2. The van der Waals surface area contributed by atoms with Crippen LogP contribution in [0.25, 0.3) is 0 Å². The van der Waals surface area contributed by atoms with Crippen molar-refractivity contribution in [2.24, 2.45) is 5.92 Å². The fourth-order valence-corrected chi connectivity index (χ4v) is 3.79. The van der Waals surface area contributed by atoms with E-state index in [-0.39, 0.29) is 29.8 Å². The van der Waals surface area contributed by atoms with Gasteiger partial charge in [-0.3, -0.25) is 4.79 Å². The molecule has 92 valence electrons. The predicted octanol–water partition coefficient (Wildman–Crippen LogP) is 1.42. The smallest absolute Gasteiger partial charge is 0.311 e. The summed E-state index contributed by atoms with van der Waals surface area (Å²) in [5.74, 6) is 0.348. The molecule has 1 aromatic carbocycles. The average molecular weight is 254 g/mol. The predicted molar refractivity (Wildman–Crippen MR) is 63.5 cm³/mol. The third kappa shape index (κ3) is 3.56. The van der Waals surface area contributed by atoms with Crippen LogP contribution < -0.4 is 4.74 Å². The average Bonchev–Trinajstić information content (AvgIpc) is 2.59. The molecule has 0 radical (unpaired) electrons. The third-order valence-electron chi connectivity index (χ3n) is 2.76. The molecule has 4 nitrogen and oxygen atoms in total. The number of carbonyl (C=O) groups excluding carboxylic acids is 1. The monoisotopic (exact) mass is 254 g/mol. The highest BCUT2D eigenvalue weighted by molar-refractivity contribution is 7.91. The lowest BCUT2D eigenvalue weighted by molar-refractivity contribution is -0.135. The van der Waals surface area contributed by atoms with E-state index >= 15 is 0 Å². The van der Waals surface area contributed by atoms with Crippen LogP contribution in [0.5, 0.6) is 5.75 Å². The Morgan fingerprint density at radius 3 is 2.59 bits per heavy atom. The van der Waals surface area contributed by atoms with E-state index in [0.717, 1.165) is 0 Å². The number of carbonyl (C=O) groups is 1. The summed E-state index contributed by atoms with van der Waals surface area (Å²) in [7, 11) is -2.92. The summed E-state index contributed by atoms with van der Waals surface area (Å²) >= 11 is 0. The van der Waals surface area contributed by atoms with Crippen LogP contribution in [0.3, 0.4) is 0 Å². The highest BCUT2D eigenvalue weighted by Crippen LogP contribution is 2.22. The second kappa shape index (κ2) is 4.87. The first-order valence-corrected chi connectivity index (χ1v) is 7.33. The van der Waals surface area contributed by atoms with Crippen LogP contribution in [-0.2, 0) is 14.6 Å². The number of hydrogen-bond donors (Lipinski definition) is 0. The number of esters is 1. The van der Waals surface area contributed by atoms with E-state index in [1.165, 1.54) is 0 Å². The van der Waals surface area contributed by atoms with Gasteiger partial charge in [0, 0.05) is 6.42 Å². The quantitative estimate of drug-likeness (QED) is 0.604. The summed E-state index contributed by atoms with van der Waals surface area (Å²) in [4.78, 5) is 11.6. The Morgan fingerprint density at radius 1 is 1.29 bits per heavy atom. The number of para-hydroxylation sites is 1. The third-order valence-corrected chi connectivity index (χ3v) is 4.59. The van der Waals surface area contributed by atoms with Crippen molar-refractivity contribution in [2.45, 2.75) is 12.8 Å². The second-order valence-electron chi connectivity index (χ2n) is 4.26. The topological polar surface area (TPSA) is 60.4 Å². The maximum Gasteiger partial charge on any atom is 0.311 e. The molecule has 1 aliphatic heterocycles. The molecule has 0 amide bonds. The molecule has 2 rings (SSSR count). The Balaban J connectivity index is 1.87. The van der Waals surface area contributed by atoms with Crippen LogP contribution in [-0.4, -0.2) is 25.9 Å². The lowest BCUT2D eigenvalue weighted by atomic mass is 10.1. The van der Waals surface area contributed by atoms with Crippen molar-refractivity contribution >= 4 is 15.8 Å². The van der Waals surface area contributed by atoms with Crippen LogP contribution >= 0.6 is 0 Å². The van der Waals surface area contributed by atoms with Gasteiger partial charge >= 0.3 is 5.97 Å². The van der Waals surface area contributed by atoms with Gasteiger partial charge in [-0.1, -0.05) is 18.2 Å². The van der Waals surface area contributed by atoms with E-state index in [1.807, 2.05) is 6.07 Å². The summed E-state index contributed by atoms with van der Waals surface area (Å²) in [6, 6.07) is 8.79. The molecule has 1 saturated heterocycles. The SMILES string of the molecule is O=C(C[C@@H]1CCS(=O)(=O)C1)Oc1ccccc1. The van der Waals surface area contributed by atoms with Crippen molar-refractivity contribution in [3.05, 3.63) is 30.3 Å². The van der Waals surface area contributed by atoms with Crippen molar-refractivity contribution < 1.29 is 17.9 Å². The number of sulfone groups is 1. The maximum absolute atomic E-state index is 11.6. The van der Waals surface area contributed by atoms with Crippen molar-refractivity contribution in [3.63, 3.8) is 0 Å². The second-order valence-corrected chi connectivity index (χ2v) is 6.49. The van der Waals surface area contributed by atoms with Crippen LogP contribution in [0.15, 0.2) is 30.3 Å². The van der Waals surface area contributed by atoms with Gasteiger partial charge in [0.2, 0.25) is 0 Å². The summed E-state index contributed by atoms with van der Waals surface area (Å²) in [5, 5.41) is 0. The molecule has 0 saturated carbocycles. The summed E-state index contributed by atoms with van der Waals surface area (Å²) in [6.07, 6.45) is 0.736. The molecule has 1 aromatic rings. The molecule has 0 unspecified atom stereocenters. The molecule has 17 heavy (non-hydrogen) atoms. The zero-order chi connectivity index (χ0) is 12.3. The first-order valence-electron chi connectivity index (χ1n) is 5.51. The summed E-state index contributed by atoms with van der Waals surface area (Å²) in [6.45, 7) is 0. The molecule has 0 spiro atoms. The van der Waals surface area contributed by atoms with Crippen molar-refractivity contribution in [3.8, 4) is 5.75 Å². The van der Waals surface area contributed by atoms with E-state index in [9.17, 15) is 13.2 Å². The Morgan fingerprint density at radius 2 is 2.00 bits per heavy atom. The minimum Gasteiger partial charge on any atom is -0.427 e. The Kier molecular flexibility index (Phi) is 3.47. The number of hydrogen-bond acceptors (Lipinski definition) is 4. The van der Waals surface area contributed by atoms with Gasteiger partial charge in [-0.25, -0.2) is 8.42 Å². The molecular formula is C12H14O4S. The van der Waals surface area contributed by atoms with Crippen LogP contribution in [0.2, 0.25) is 0 Å². The Labute approximate surface area is 101 Å². The normalized spacial score (nSPS) is 22.2. The van der Waals surface area contributed by atoms with E-state index in [1.54, 1.807) is 24.3 Å². The lowest BCUT2D eigenvalue weighted by Gasteiger charge is -2.07. The maximum atomic E-state index is 11.6. The molecule has 1 heterocycles. The standard InChI is InChI=1S/C12H14O4S/c13-12(16-11-4-2-1-3-5-11)8-10-6-7-17(14,15)9-10/h1-5,10H,6-9H2/t10-/m0/s1. The Bertz CT molecular complexity index is 492. The molecule has 1 fully saturated rings. The van der Waals surface area contributed by atoms with E-state index in [4.69, 9.17) is 4.74 Å². The molecule has 0 aromatic heterocycles. The first-order chi connectivity index (χ1) is 8.05.